The molecule has 1 heterocycles. The molecule has 0 unspecified atom stereocenters. The Morgan fingerprint density at radius 1 is 0.871 bits per heavy atom. The zero-order valence-corrected chi connectivity index (χ0v) is 37.8. The molecule has 11 N–H and O–H groups in total. The van der Waals surface area contributed by atoms with E-state index in [0.29, 0.717) is 57.1 Å². The maximum absolute atomic E-state index is 13.9. The summed E-state index contributed by atoms with van der Waals surface area (Å²) in [7, 11) is 0. The van der Waals surface area contributed by atoms with E-state index in [9.17, 15) is 47.9 Å². The molecule has 0 bridgehead atoms. The first kappa shape index (κ1) is 55.5. The average Bonchev–Trinajstić information content (AvgIpc) is 3.75. The Labute approximate surface area is 371 Å². The van der Waals surface area contributed by atoms with Gasteiger partial charge in [-0.05, 0) is 68.9 Å². The number of nitrogens with two attached hydrogens (primary N) is 2. The van der Waals surface area contributed by atoms with Crippen molar-refractivity contribution < 1.29 is 57.8 Å². The lowest BCUT2D eigenvalue weighted by Crippen LogP contribution is -2.60. The second-order valence-electron chi connectivity index (χ2n) is 15.2. The Balaban J connectivity index is 3.16. The van der Waals surface area contributed by atoms with Crippen molar-refractivity contribution in [3.05, 3.63) is 0 Å². The molecule has 7 amide bonds. The topological polar surface area (TPSA) is 328 Å². The Bertz CT molecular complexity index is 1550. The summed E-state index contributed by atoms with van der Waals surface area (Å²) in [6, 6.07) is -8.23. The highest BCUT2D eigenvalue weighted by Crippen LogP contribution is 2.22. The standard InChI is InChI=1S/C39H66ClN9O12S/c1-6-22(3)32(47-37(58)28-12-10-15-49(28)39(60)33(23(4)7-2)48-34(55)25(42)17-30(52)53)38(59)43-19-29(51)45-27(21-61-31(54)18-40)36(57)46-26(11-8-9-14-41)35(56)44-24(20-50)13-16-62-5/h20,22-28,32-33H,6-19,21,41-42H2,1-5H3,(H,43,59)(H,44,56)(H,45,51)(H,46,57)(H,47,58)(H,48,55)(H,52,53)/t22-,23-,24-,25-,26-,27-,28-,32-,33-/m0/s1. The van der Waals surface area contributed by atoms with Gasteiger partial charge in [0.1, 0.15) is 49.0 Å². The van der Waals surface area contributed by atoms with Crippen molar-refractivity contribution in [3.63, 3.8) is 0 Å². The molecule has 1 aliphatic rings. The number of nitrogens with zero attached hydrogens (tertiary/aromatic N) is 1. The van der Waals surface area contributed by atoms with Gasteiger partial charge in [-0.3, -0.25) is 43.2 Å². The number of ether oxygens (including phenoxy) is 1. The van der Waals surface area contributed by atoms with Gasteiger partial charge in [0.2, 0.25) is 41.4 Å². The number of halogens is 1. The number of nitrogens with one attached hydrogen (secondary N) is 6. The number of carbonyl (C=O) groups excluding carboxylic acids is 9. The van der Waals surface area contributed by atoms with Gasteiger partial charge in [0.05, 0.1) is 25.0 Å². The number of carboxylic acids is 1. The molecule has 1 fully saturated rings. The lowest BCUT2D eigenvalue weighted by Gasteiger charge is -2.33. The molecule has 1 rings (SSSR count). The fourth-order valence-corrected chi connectivity index (χ4v) is 6.88. The van der Waals surface area contributed by atoms with Crippen LogP contribution < -0.4 is 43.4 Å². The SMILES string of the molecule is CC[C@H](C)[C@H](NC(=O)[C@@H]1CCCN1C(=O)[C@@H](NC(=O)[C@@H](N)CC(=O)O)[C@@H](C)CC)C(=O)NCC(=O)N[C@@H](COC(=O)CCl)C(=O)N[C@@H](CCCCN)C(=O)N[C@H](C=O)CCSC. The van der Waals surface area contributed by atoms with E-state index in [4.69, 9.17) is 32.9 Å². The minimum Gasteiger partial charge on any atom is -0.481 e. The van der Waals surface area contributed by atoms with Crippen LogP contribution in [-0.2, 0) is 52.7 Å². The van der Waals surface area contributed by atoms with Gasteiger partial charge in [0, 0.05) is 6.54 Å². The lowest BCUT2D eigenvalue weighted by atomic mass is 9.96. The molecule has 0 aliphatic carbocycles. The number of unbranched alkanes of at least 4 members (excludes halogenated alkanes) is 1. The van der Waals surface area contributed by atoms with Crippen molar-refractivity contribution in [2.24, 2.45) is 23.3 Å². The Hall–Kier alpha value is -4.54. The van der Waals surface area contributed by atoms with Crippen molar-refractivity contribution in [1.82, 2.24) is 36.8 Å². The van der Waals surface area contributed by atoms with E-state index in [-0.39, 0.29) is 19.4 Å². The molecule has 0 radical (unpaired) electrons. The maximum atomic E-state index is 13.9. The third-order valence-electron chi connectivity index (χ3n) is 10.4. The number of alkyl halides is 1. The summed E-state index contributed by atoms with van der Waals surface area (Å²) in [4.78, 5) is 130. The summed E-state index contributed by atoms with van der Waals surface area (Å²) >= 11 is 7.04. The molecular formula is C39H66ClN9O12S. The third-order valence-corrected chi connectivity index (χ3v) is 11.3. The molecule has 21 nitrogen and oxygen atoms in total. The van der Waals surface area contributed by atoms with Crippen LogP contribution in [0.5, 0.6) is 0 Å². The molecule has 1 aliphatic heterocycles. The van der Waals surface area contributed by atoms with Crippen LogP contribution in [0.25, 0.3) is 0 Å². The van der Waals surface area contributed by atoms with Crippen molar-refractivity contribution in [3.8, 4) is 0 Å². The highest BCUT2D eigenvalue weighted by molar-refractivity contribution is 7.98. The number of amides is 7. The molecule has 9 atom stereocenters. The molecule has 0 saturated carbocycles. The van der Waals surface area contributed by atoms with Crippen molar-refractivity contribution >= 4 is 82.9 Å². The number of aliphatic carboxylic acids is 1. The van der Waals surface area contributed by atoms with Gasteiger partial charge < -0.3 is 62.9 Å². The lowest BCUT2D eigenvalue weighted by molar-refractivity contribution is -0.144. The number of rotatable bonds is 30. The predicted molar refractivity (Wildman–Crippen MR) is 230 cm³/mol. The molecule has 62 heavy (non-hydrogen) atoms. The number of hydrogen-bond acceptors (Lipinski definition) is 14. The van der Waals surface area contributed by atoms with Crippen LogP contribution in [0.3, 0.4) is 0 Å². The quantitative estimate of drug-likeness (QED) is 0.0167. The Morgan fingerprint density at radius 2 is 1.52 bits per heavy atom. The summed E-state index contributed by atoms with van der Waals surface area (Å²) in [6.45, 7) is 6.11. The van der Waals surface area contributed by atoms with Gasteiger partial charge in [0.15, 0.2) is 0 Å². The zero-order chi connectivity index (χ0) is 46.9. The summed E-state index contributed by atoms with van der Waals surface area (Å²) in [5.41, 5.74) is 11.3. The summed E-state index contributed by atoms with van der Waals surface area (Å²) < 4.78 is 5.02. The van der Waals surface area contributed by atoms with Crippen LogP contribution >= 0.6 is 23.4 Å². The smallest absolute Gasteiger partial charge is 0.320 e. The predicted octanol–water partition coefficient (Wildman–Crippen LogP) is -1.73. The second-order valence-corrected chi connectivity index (χ2v) is 16.4. The van der Waals surface area contributed by atoms with Crippen LogP contribution in [0.4, 0.5) is 0 Å². The van der Waals surface area contributed by atoms with Crippen LogP contribution in [-0.4, -0.2) is 156 Å². The molecule has 23 heteroatoms. The highest BCUT2D eigenvalue weighted by Gasteiger charge is 2.41. The zero-order valence-electron chi connectivity index (χ0n) is 36.2. The van der Waals surface area contributed by atoms with E-state index in [1.165, 1.54) is 16.7 Å². The molecule has 0 spiro atoms. The van der Waals surface area contributed by atoms with E-state index in [2.05, 4.69) is 31.9 Å². The number of hydrogen-bond donors (Lipinski definition) is 9. The fraction of sp³-hybridized carbons (Fsp3) is 0.744. The first-order valence-electron chi connectivity index (χ1n) is 20.8. The minimum absolute atomic E-state index is 0.134. The van der Waals surface area contributed by atoms with E-state index < -0.39 is 133 Å². The van der Waals surface area contributed by atoms with Gasteiger partial charge in [-0.1, -0.05) is 40.5 Å². The van der Waals surface area contributed by atoms with Crippen LogP contribution in [0, 0.1) is 11.8 Å². The van der Waals surface area contributed by atoms with Gasteiger partial charge in [0.25, 0.3) is 0 Å². The Morgan fingerprint density at radius 3 is 2.10 bits per heavy atom. The molecule has 0 aromatic rings. The Kier molecular flexibility index (Phi) is 26.6. The minimum atomic E-state index is -1.55. The second kappa shape index (κ2) is 29.7. The molecular weight excluding hydrogens is 854 g/mol. The van der Waals surface area contributed by atoms with Crippen molar-refractivity contribution in [2.45, 2.75) is 128 Å². The third kappa shape index (κ3) is 19.2. The first-order valence-corrected chi connectivity index (χ1v) is 22.7. The number of aldehydes is 1. The first-order chi connectivity index (χ1) is 29.4. The van der Waals surface area contributed by atoms with E-state index in [1.807, 2.05) is 6.26 Å². The van der Waals surface area contributed by atoms with Crippen LogP contribution in [0.15, 0.2) is 0 Å². The van der Waals surface area contributed by atoms with Crippen LogP contribution in [0.1, 0.15) is 85.5 Å². The van der Waals surface area contributed by atoms with Gasteiger partial charge >= 0.3 is 11.9 Å². The highest BCUT2D eigenvalue weighted by atomic mass is 35.5. The molecule has 352 valence electrons. The van der Waals surface area contributed by atoms with E-state index >= 15 is 0 Å². The summed E-state index contributed by atoms with van der Waals surface area (Å²) in [6.07, 6.45) is 4.79. The van der Waals surface area contributed by atoms with E-state index in [0.717, 1.165) is 0 Å². The molecule has 1 saturated heterocycles. The number of thioether (sulfide) groups is 1. The normalized spacial score (nSPS) is 17.4. The summed E-state index contributed by atoms with van der Waals surface area (Å²) in [5.74, 6) is -8.29. The average molecular weight is 921 g/mol. The summed E-state index contributed by atoms with van der Waals surface area (Å²) in [5, 5.41) is 24.3. The monoisotopic (exact) mass is 919 g/mol. The van der Waals surface area contributed by atoms with Crippen LogP contribution in [0.2, 0.25) is 0 Å². The van der Waals surface area contributed by atoms with Gasteiger partial charge in [-0.15, -0.1) is 11.6 Å². The van der Waals surface area contributed by atoms with Crippen molar-refractivity contribution in [2.75, 3.05) is 44.1 Å². The number of carboxylic acid groups (broad SMARTS) is 1. The van der Waals surface area contributed by atoms with E-state index in [1.54, 1.807) is 27.7 Å². The number of esters is 1. The van der Waals surface area contributed by atoms with Gasteiger partial charge in [-0.2, -0.15) is 11.8 Å². The number of likely N-dealkylation sites (tertiary alicyclic amines) is 1. The van der Waals surface area contributed by atoms with Gasteiger partial charge in [-0.25, -0.2) is 0 Å². The largest absolute Gasteiger partial charge is 0.481 e. The maximum Gasteiger partial charge on any atom is 0.320 e. The fourth-order valence-electron chi connectivity index (χ4n) is 6.31. The molecule has 0 aromatic carbocycles. The molecule has 0 aromatic heterocycles. The number of carbonyl (C=O) groups is 10. The van der Waals surface area contributed by atoms with Crippen molar-refractivity contribution in [1.29, 1.82) is 0 Å².